The second-order valence-corrected chi connectivity index (χ2v) is 5.66. The predicted molar refractivity (Wildman–Crippen MR) is 95.2 cm³/mol. The summed E-state index contributed by atoms with van der Waals surface area (Å²) in [6.45, 7) is 2.49. The van der Waals surface area contributed by atoms with E-state index in [1.165, 1.54) is 6.07 Å². The van der Waals surface area contributed by atoms with Gasteiger partial charge in [0.1, 0.15) is 11.6 Å². The Morgan fingerprint density at radius 2 is 2.00 bits per heavy atom. The van der Waals surface area contributed by atoms with Gasteiger partial charge in [-0.05, 0) is 30.7 Å². The number of aryl methyl sites for hydroxylation is 1. The molecular formula is C18H19FN6O. The minimum absolute atomic E-state index is 0.136. The lowest BCUT2D eigenvalue weighted by molar-refractivity contribution is -0.121. The summed E-state index contributed by atoms with van der Waals surface area (Å²) in [5, 5.41) is 5.73. The molecule has 0 fully saturated rings. The number of rotatable bonds is 7. The molecule has 0 atom stereocenters. The van der Waals surface area contributed by atoms with E-state index in [1.807, 2.05) is 6.92 Å². The van der Waals surface area contributed by atoms with Crippen LogP contribution in [0.15, 0.2) is 49.1 Å². The molecule has 0 radical (unpaired) electrons. The van der Waals surface area contributed by atoms with Crippen LogP contribution in [0.5, 0.6) is 0 Å². The molecule has 0 spiro atoms. The highest BCUT2D eigenvalue weighted by Gasteiger charge is 2.09. The number of aromatic nitrogens is 4. The van der Waals surface area contributed by atoms with E-state index >= 15 is 0 Å². The van der Waals surface area contributed by atoms with E-state index in [0.29, 0.717) is 29.6 Å². The number of hydrogen-bond acceptors (Lipinski definition) is 5. The number of benzene rings is 1. The van der Waals surface area contributed by atoms with Crippen molar-refractivity contribution in [3.8, 4) is 5.69 Å². The maximum absolute atomic E-state index is 14.3. The van der Waals surface area contributed by atoms with Crippen molar-refractivity contribution in [2.24, 2.45) is 0 Å². The number of carbonyl (C=O) groups excluding carboxylic acids is 1. The molecule has 2 aromatic heterocycles. The maximum atomic E-state index is 14.3. The van der Waals surface area contributed by atoms with E-state index in [-0.39, 0.29) is 24.7 Å². The number of hydrogen-bond donors (Lipinski definition) is 2. The topological polar surface area (TPSA) is 84.7 Å². The van der Waals surface area contributed by atoms with Gasteiger partial charge < -0.3 is 15.2 Å². The van der Waals surface area contributed by atoms with Crippen molar-refractivity contribution in [1.82, 2.24) is 24.8 Å². The third-order valence-electron chi connectivity index (χ3n) is 3.79. The van der Waals surface area contributed by atoms with Gasteiger partial charge in [0.25, 0.3) is 0 Å². The molecule has 2 heterocycles. The molecule has 3 aromatic rings. The molecular weight excluding hydrogens is 335 g/mol. The second kappa shape index (κ2) is 8.19. The summed E-state index contributed by atoms with van der Waals surface area (Å²) >= 11 is 0. The number of nitrogens with zero attached hydrogens (tertiary/aromatic N) is 4. The maximum Gasteiger partial charge on any atom is 0.222 e. The van der Waals surface area contributed by atoms with Crippen molar-refractivity contribution in [2.45, 2.75) is 19.9 Å². The van der Waals surface area contributed by atoms with Crippen LogP contribution in [0.3, 0.4) is 0 Å². The van der Waals surface area contributed by atoms with Crippen molar-refractivity contribution < 1.29 is 9.18 Å². The Kier molecular flexibility index (Phi) is 5.52. The molecule has 26 heavy (non-hydrogen) atoms. The lowest BCUT2D eigenvalue weighted by atomic mass is 10.2. The highest BCUT2D eigenvalue weighted by molar-refractivity contribution is 5.76. The summed E-state index contributed by atoms with van der Waals surface area (Å²) in [6.07, 6.45) is 6.85. The van der Waals surface area contributed by atoms with Gasteiger partial charge in [-0.1, -0.05) is 6.07 Å². The molecule has 1 aromatic carbocycles. The Balaban J connectivity index is 1.49. The van der Waals surface area contributed by atoms with Gasteiger partial charge in [0.2, 0.25) is 11.9 Å². The third kappa shape index (κ3) is 4.41. The number of nitrogens with one attached hydrogen (secondary N) is 2. The van der Waals surface area contributed by atoms with Crippen LogP contribution in [-0.4, -0.2) is 32.0 Å². The summed E-state index contributed by atoms with van der Waals surface area (Å²) < 4.78 is 16.0. The van der Waals surface area contributed by atoms with Gasteiger partial charge >= 0.3 is 0 Å². The van der Waals surface area contributed by atoms with Crippen LogP contribution < -0.4 is 10.6 Å². The fraction of sp³-hybridized carbons (Fsp3) is 0.222. The Labute approximate surface area is 150 Å². The first-order valence-corrected chi connectivity index (χ1v) is 8.20. The van der Waals surface area contributed by atoms with Crippen LogP contribution in [0.2, 0.25) is 0 Å². The molecule has 0 saturated heterocycles. The quantitative estimate of drug-likeness (QED) is 0.680. The van der Waals surface area contributed by atoms with E-state index in [1.54, 1.807) is 47.6 Å². The van der Waals surface area contributed by atoms with Crippen LogP contribution >= 0.6 is 0 Å². The highest BCUT2D eigenvalue weighted by Crippen LogP contribution is 2.16. The summed E-state index contributed by atoms with van der Waals surface area (Å²) in [7, 11) is 0. The minimum atomic E-state index is -0.360. The number of carbonyl (C=O) groups is 1. The van der Waals surface area contributed by atoms with Crippen LogP contribution in [-0.2, 0) is 11.3 Å². The number of amides is 1. The summed E-state index contributed by atoms with van der Waals surface area (Å²) in [4.78, 5) is 24.0. The highest BCUT2D eigenvalue weighted by atomic mass is 19.1. The SMILES string of the molecule is Cc1nccn1-c1ccc(CNC(=O)CCNc2ncccn2)cc1F. The monoisotopic (exact) mass is 354 g/mol. The minimum Gasteiger partial charge on any atom is -0.354 e. The van der Waals surface area contributed by atoms with Gasteiger partial charge in [0.05, 0.1) is 5.69 Å². The first kappa shape index (κ1) is 17.5. The van der Waals surface area contributed by atoms with Gasteiger partial charge in [0, 0.05) is 44.3 Å². The van der Waals surface area contributed by atoms with Crippen molar-refractivity contribution in [2.75, 3.05) is 11.9 Å². The van der Waals surface area contributed by atoms with Gasteiger partial charge in [-0.3, -0.25) is 4.79 Å². The molecule has 1 amide bonds. The average Bonchev–Trinajstić information content (AvgIpc) is 3.07. The Bertz CT molecular complexity index is 880. The molecule has 0 aliphatic rings. The molecule has 134 valence electrons. The number of anilines is 1. The van der Waals surface area contributed by atoms with Crippen molar-refractivity contribution in [3.63, 3.8) is 0 Å². The van der Waals surface area contributed by atoms with Crippen molar-refractivity contribution >= 4 is 11.9 Å². The largest absolute Gasteiger partial charge is 0.354 e. The summed E-state index contributed by atoms with van der Waals surface area (Å²) in [5.74, 6) is 0.691. The second-order valence-electron chi connectivity index (χ2n) is 5.66. The lowest BCUT2D eigenvalue weighted by Gasteiger charge is -2.10. The van der Waals surface area contributed by atoms with Gasteiger partial charge in [-0.2, -0.15) is 0 Å². The van der Waals surface area contributed by atoms with Crippen LogP contribution in [0.25, 0.3) is 5.69 Å². The molecule has 2 N–H and O–H groups in total. The standard InChI is InChI=1S/C18H19FN6O/c1-13-20-9-10-25(13)16-4-3-14(11-15(16)19)12-24-17(26)5-8-23-18-21-6-2-7-22-18/h2-4,6-7,9-11H,5,8,12H2,1H3,(H,24,26)(H,21,22,23). The van der Waals surface area contributed by atoms with Crippen LogP contribution in [0.4, 0.5) is 10.3 Å². The molecule has 0 saturated carbocycles. The zero-order valence-electron chi connectivity index (χ0n) is 14.3. The summed E-state index contributed by atoms with van der Waals surface area (Å²) in [5.41, 5.74) is 1.12. The first-order valence-electron chi connectivity index (χ1n) is 8.20. The molecule has 3 rings (SSSR count). The Hall–Kier alpha value is -3.29. The zero-order chi connectivity index (χ0) is 18.4. The summed E-state index contributed by atoms with van der Waals surface area (Å²) in [6, 6.07) is 6.61. The third-order valence-corrected chi connectivity index (χ3v) is 3.79. The van der Waals surface area contributed by atoms with E-state index in [4.69, 9.17) is 0 Å². The van der Waals surface area contributed by atoms with E-state index < -0.39 is 0 Å². The predicted octanol–water partition coefficient (Wildman–Crippen LogP) is 2.23. The fourth-order valence-electron chi connectivity index (χ4n) is 2.46. The zero-order valence-corrected chi connectivity index (χ0v) is 14.3. The Morgan fingerprint density at radius 1 is 1.19 bits per heavy atom. The van der Waals surface area contributed by atoms with Gasteiger partial charge in [-0.15, -0.1) is 0 Å². The molecule has 0 bridgehead atoms. The molecule has 0 unspecified atom stereocenters. The molecule has 0 aliphatic carbocycles. The van der Waals surface area contributed by atoms with Crippen LogP contribution in [0.1, 0.15) is 17.8 Å². The molecule has 8 heteroatoms. The lowest BCUT2D eigenvalue weighted by Crippen LogP contribution is -2.25. The van der Waals surface area contributed by atoms with Crippen LogP contribution in [0, 0.1) is 12.7 Å². The molecule has 7 nitrogen and oxygen atoms in total. The average molecular weight is 354 g/mol. The smallest absolute Gasteiger partial charge is 0.222 e. The van der Waals surface area contributed by atoms with Crippen molar-refractivity contribution in [1.29, 1.82) is 0 Å². The first-order chi connectivity index (χ1) is 12.6. The van der Waals surface area contributed by atoms with E-state index in [9.17, 15) is 9.18 Å². The fourth-order valence-corrected chi connectivity index (χ4v) is 2.46. The van der Waals surface area contributed by atoms with E-state index in [0.717, 1.165) is 0 Å². The number of imidazole rings is 1. The molecule has 0 aliphatic heterocycles. The Morgan fingerprint density at radius 3 is 2.69 bits per heavy atom. The van der Waals surface area contributed by atoms with Gasteiger partial charge in [-0.25, -0.2) is 19.3 Å². The van der Waals surface area contributed by atoms with E-state index in [2.05, 4.69) is 25.6 Å². The number of halogens is 1. The normalized spacial score (nSPS) is 10.5. The van der Waals surface area contributed by atoms with Gasteiger partial charge in [0.15, 0.2) is 0 Å². The van der Waals surface area contributed by atoms with Crippen molar-refractivity contribution in [3.05, 3.63) is 66.3 Å².